The maximum Gasteiger partial charge on any atom is 0.339 e. The fourth-order valence-electron chi connectivity index (χ4n) is 4.31. The number of imidazole rings is 1. The number of non-ortho nitro benzene ring substituents is 1. The topological polar surface area (TPSA) is 157 Å². The van der Waals surface area contributed by atoms with Crippen LogP contribution in [0.5, 0.6) is 11.5 Å². The van der Waals surface area contributed by atoms with Crippen molar-refractivity contribution >= 4 is 23.6 Å². The molecule has 1 aromatic heterocycles. The van der Waals surface area contributed by atoms with E-state index in [0.29, 0.717) is 35.0 Å². The van der Waals surface area contributed by atoms with Crippen molar-refractivity contribution in [3.05, 3.63) is 112 Å². The van der Waals surface area contributed by atoms with E-state index >= 15 is 0 Å². The van der Waals surface area contributed by atoms with Crippen molar-refractivity contribution in [3.8, 4) is 22.8 Å². The summed E-state index contributed by atoms with van der Waals surface area (Å²) in [6, 6.07) is 17.5. The number of carboxylic acid groups (broad SMARTS) is 1. The quantitative estimate of drug-likeness (QED) is 0.0707. The van der Waals surface area contributed by atoms with Gasteiger partial charge in [0.1, 0.15) is 22.9 Å². The van der Waals surface area contributed by atoms with Crippen molar-refractivity contribution in [2.45, 2.75) is 32.2 Å². The highest BCUT2D eigenvalue weighted by Gasteiger charge is 2.21. The second-order valence-electron chi connectivity index (χ2n) is 9.68. The molecule has 0 radical (unpaired) electrons. The van der Waals surface area contributed by atoms with Crippen LogP contribution in [0.15, 0.2) is 79.0 Å². The molecule has 1 atom stereocenters. The monoisotopic (exact) mass is 584 g/mol. The first-order chi connectivity index (χ1) is 20.8. The van der Waals surface area contributed by atoms with Gasteiger partial charge in [-0.25, -0.2) is 9.78 Å². The minimum Gasteiger partial charge on any atom is -0.497 e. The number of nitrogens with one attached hydrogen (secondary N) is 2. The number of amides is 1. The van der Waals surface area contributed by atoms with E-state index in [2.05, 4.69) is 15.3 Å². The number of H-pyrrole nitrogens is 1. The summed E-state index contributed by atoms with van der Waals surface area (Å²) in [5.41, 5.74) is 2.67. The zero-order valence-electron chi connectivity index (χ0n) is 23.8. The number of aromatic amines is 1. The van der Waals surface area contributed by atoms with Gasteiger partial charge in [-0.15, -0.1) is 0 Å². The Labute approximate surface area is 248 Å². The Morgan fingerprint density at radius 3 is 2.51 bits per heavy atom. The molecule has 4 aromatic rings. The molecule has 0 aliphatic heterocycles. The van der Waals surface area contributed by atoms with E-state index in [1.807, 2.05) is 19.1 Å². The summed E-state index contributed by atoms with van der Waals surface area (Å²) < 4.78 is 10.9. The lowest BCUT2D eigenvalue weighted by atomic mass is 10.00. The molecule has 4 rings (SSSR count). The number of nitro benzene ring substituents is 1. The van der Waals surface area contributed by atoms with Crippen molar-refractivity contribution < 1.29 is 29.1 Å². The van der Waals surface area contributed by atoms with E-state index in [1.54, 1.807) is 55.8 Å². The highest BCUT2D eigenvalue weighted by molar-refractivity contribution is 5.93. The second kappa shape index (κ2) is 14.4. The maximum absolute atomic E-state index is 13.0. The Morgan fingerprint density at radius 1 is 1.12 bits per heavy atom. The van der Waals surface area contributed by atoms with E-state index in [0.717, 1.165) is 18.4 Å². The third kappa shape index (κ3) is 8.29. The zero-order chi connectivity index (χ0) is 30.8. The van der Waals surface area contributed by atoms with E-state index in [9.17, 15) is 24.8 Å². The van der Waals surface area contributed by atoms with Crippen LogP contribution in [0.2, 0.25) is 0 Å². The Bertz CT molecular complexity index is 1590. The normalized spacial score (nSPS) is 11.7. The van der Waals surface area contributed by atoms with Gasteiger partial charge in [-0.05, 0) is 60.0 Å². The summed E-state index contributed by atoms with van der Waals surface area (Å²) in [5.74, 6) is -0.0467. The van der Waals surface area contributed by atoms with Crippen molar-refractivity contribution in [1.82, 2.24) is 15.3 Å². The van der Waals surface area contributed by atoms with Gasteiger partial charge in [0, 0.05) is 30.2 Å². The fraction of sp³-hybridized carbons (Fsp3) is 0.219. The fourth-order valence-corrected chi connectivity index (χ4v) is 4.31. The number of hydrogen-bond acceptors (Lipinski definition) is 7. The number of aromatic nitrogens is 2. The van der Waals surface area contributed by atoms with Gasteiger partial charge >= 0.3 is 5.97 Å². The van der Waals surface area contributed by atoms with Crippen molar-refractivity contribution in [2.75, 3.05) is 13.7 Å². The summed E-state index contributed by atoms with van der Waals surface area (Å²) in [6.07, 6.45) is 6.58. The summed E-state index contributed by atoms with van der Waals surface area (Å²) in [6.45, 7) is 2.41. The van der Waals surface area contributed by atoms with Crippen LogP contribution in [0.1, 0.15) is 53.1 Å². The Kier molecular flexibility index (Phi) is 10.2. The van der Waals surface area contributed by atoms with Gasteiger partial charge in [-0.3, -0.25) is 14.9 Å². The summed E-state index contributed by atoms with van der Waals surface area (Å²) >= 11 is 0. The van der Waals surface area contributed by atoms with Gasteiger partial charge in [-0.1, -0.05) is 31.5 Å². The van der Waals surface area contributed by atoms with Crippen LogP contribution in [-0.4, -0.2) is 45.6 Å². The van der Waals surface area contributed by atoms with Crippen molar-refractivity contribution in [3.63, 3.8) is 0 Å². The molecule has 1 heterocycles. The lowest BCUT2D eigenvalue weighted by Crippen LogP contribution is -2.29. The molecule has 0 aliphatic carbocycles. The number of benzene rings is 3. The number of unbranched alkanes of at least 4 members (excludes halogenated alkanes) is 1. The highest BCUT2D eigenvalue weighted by atomic mass is 16.6. The average Bonchev–Trinajstić information content (AvgIpc) is 3.48. The first kappa shape index (κ1) is 30.5. The Morgan fingerprint density at radius 2 is 1.86 bits per heavy atom. The van der Waals surface area contributed by atoms with Gasteiger partial charge in [0.15, 0.2) is 0 Å². The second-order valence-corrected chi connectivity index (χ2v) is 9.68. The largest absolute Gasteiger partial charge is 0.497 e. The van der Waals surface area contributed by atoms with Gasteiger partial charge in [0.2, 0.25) is 5.91 Å². The molecule has 1 amide bonds. The van der Waals surface area contributed by atoms with Crippen LogP contribution >= 0.6 is 0 Å². The number of methoxy groups -OCH3 is 1. The van der Waals surface area contributed by atoms with Crippen LogP contribution in [0, 0.1) is 10.1 Å². The standard InChI is InChI=1S/C32H32N4O7/c1-3-4-17-43-29-15-10-23(18-26(29)32(38)39)27(35-31(37)16-7-21-5-13-25(42-2)14-6-21)19-30-33-20-28(34-30)22-8-11-24(12-9-22)36(40)41/h5-16,18,20,27H,3-4,17,19H2,1-2H3,(H,33,34)(H,35,37)(H,38,39)/b16-7-. The molecule has 0 fully saturated rings. The molecule has 0 saturated heterocycles. The zero-order valence-corrected chi connectivity index (χ0v) is 23.8. The third-order valence-corrected chi connectivity index (χ3v) is 6.67. The number of aromatic carboxylic acids is 1. The van der Waals surface area contributed by atoms with E-state index in [-0.39, 0.29) is 29.3 Å². The SMILES string of the molecule is CCCCOc1ccc(C(Cc2ncc(-c3ccc([N+](=O)[O-])cc3)[nH]2)NC(=O)/C=C\c2ccc(OC)cc2)cc1C(=O)O. The van der Waals surface area contributed by atoms with Gasteiger partial charge in [0.25, 0.3) is 5.69 Å². The molecule has 1 unspecified atom stereocenters. The molecular formula is C32H32N4O7. The van der Waals surface area contributed by atoms with Crippen LogP contribution in [0.4, 0.5) is 5.69 Å². The van der Waals surface area contributed by atoms with E-state index < -0.39 is 16.9 Å². The Hall–Kier alpha value is -5.45. The van der Waals surface area contributed by atoms with Gasteiger partial charge < -0.3 is 24.9 Å². The minimum atomic E-state index is -1.14. The molecular weight excluding hydrogens is 552 g/mol. The number of ether oxygens (including phenoxy) is 2. The molecule has 11 nitrogen and oxygen atoms in total. The number of hydrogen-bond donors (Lipinski definition) is 3. The molecule has 0 saturated carbocycles. The first-order valence-electron chi connectivity index (χ1n) is 13.7. The minimum absolute atomic E-state index is 0.00681. The lowest BCUT2D eigenvalue weighted by molar-refractivity contribution is -0.384. The van der Waals surface area contributed by atoms with Crippen LogP contribution in [0.25, 0.3) is 17.3 Å². The number of carboxylic acids is 1. The number of carbonyl (C=O) groups is 2. The molecule has 3 aromatic carbocycles. The summed E-state index contributed by atoms with van der Waals surface area (Å²) in [5, 5.41) is 23.8. The molecule has 3 N–H and O–H groups in total. The van der Waals surface area contributed by atoms with Gasteiger partial charge in [0.05, 0.1) is 36.6 Å². The lowest BCUT2D eigenvalue weighted by Gasteiger charge is -2.19. The van der Waals surface area contributed by atoms with Crippen molar-refractivity contribution in [1.29, 1.82) is 0 Å². The smallest absolute Gasteiger partial charge is 0.339 e. The highest BCUT2D eigenvalue weighted by Crippen LogP contribution is 2.27. The van der Waals surface area contributed by atoms with Crippen LogP contribution < -0.4 is 14.8 Å². The number of nitrogens with zero attached hydrogens (tertiary/aromatic N) is 2. The van der Waals surface area contributed by atoms with Crippen LogP contribution in [-0.2, 0) is 11.2 Å². The Balaban J connectivity index is 1.60. The van der Waals surface area contributed by atoms with Crippen molar-refractivity contribution in [2.24, 2.45) is 0 Å². The van der Waals surface area contributed by atoms with E-state index in [4.69, 9.17) is 9.47 Å². The maximum atomic E-state index is 13.0. The van der Waals surface area contributed by atoms with E-state index in [1.165, 1.54) is 24.3 Å². The molecule has 222 valence electrons. The number of nitro groups is 1. The summed E-state index contributed by atoms with van der Waals surface area (Å²) in [7, 11) is 1.58. The van der Waals surface area contributed by atoms with Crippen LogP contribution in [0.3, 0.4) is 0 Å². The molecule has 0 bridgehead atoms. The summed E-state index contributed by atoms with van der Waals surface area (Å²) in [4.78, 5) is 43.3. The average molecular weight is 585 g/mol. The predicted octanol–water partition coefficient (Wildman–Crippen LogP) is 5.98. The number of rotatable bonds is 14. The third-order valence-electron chi connectivity index (χ3n) is 6.67. The van der Waals surface area contributed by atoms with Gasteiger partial charge in [-0.2, -0.15) is 0 Å². The molecule has 11 heteroatoms. The molecule has 0 spiro atoms. The first-order valence-corrected chi connectivity index (χ1v) is 13.7. The number of carbonyl (C=O) groups excluding carboxylic acids is 1. The molecule has 0 aliphatic rings. The predicted molar refractivity (Wildman–Crippen MR) is 161 cm³/mol. The molecule has 43 heavy (non-hydrogen) atoms.